The predicted molar refractivity (Wildman–Crippen MR) is 70.0 cm³/mol. The van der Waals surface area contributed by atoms with Crippen molar-refractivity contribution in [3.8, 4) is 0 Å². The average Bonchev–Trinajstić information content (AvgIpc) is 2.35. The van der Waals surface area contributed by atoms with Gasteiger partial charge >= 0.3 is 0 Å². The molecule has 1 saturated carbocycles. The first-order valence-electron chi connectivity index (χ1n) is 6.81. The van der Waals surface area contributed by atoms with Crippen molar-refractivity contribution in [3.05, 3.63) is 0 Å². The van der Waals surface area contributed by atoms with Crippen LogP contribution in [0, 0.1) is 5.41 Å². The molecule has 110 valence electrons. The third-order valence-corrected chi connectivity index (χ3v) is 3.74. The highest BCUT2D eigenvalue weighted by Gasteiger charge is 2.35. The van der Waals surface area contributed by atoms with Gasteiger partial charge in [-0.3, -0.25) is 9.59 Å². The number of hydrogen-bond donors (Lipinski definition) is 4. The highest BCUT2D eigenvalue weighted by molar-refractivity contribution is 5.79. The number of nitrogens with two attached hydrogens (primary N) is 1. The van der Waals surface area contributed by atoms with Crippen LogP contribution in [0.1, 0.15) is 44.9 Å². The summed E-state index contributed by atoms with van der Waals surface area (Å²) in [7, 11) is 0. The van der Waals surface area contributed by atoms with E-state index in [1.165, 1.54) is 0 Å². The minimum Gasteiger partial charge on any atom is -0.394 e. The normalized spacial score (nSPS) is 19.7. The van der Waals surface area contributed by atoms with Gasteiger partial charge in [-0.1, -0.05) is 19.3 Å². The molecule has 0 aromatic rings. The Kier molecular flexibility index (Phi) is 6.24. The molecule has 0 aromatic carbocycles. The van der Waals surface area contributed by atoms with Gasteiger partial charge < -0.3 is 21.3 Å². The molecule has 1 aliphatic rings. The van der Waals surface area contributed by atoms with Gasteiger partial charge in [-0.05, 0) is 18.3 Å². The number of aliphatic hydroxyl groups is 2. The molecule has 1 fully saturated rings. The summed E-state index contributed by atoms with van der Waals surface area (Å²) in [5.74, 6) is -0.569. The SMILES string of the molecule is NC(=O)CC1(CC(=O)NC[C@H](O)CO)CCCCC1. The summed E-state index contributed by atoms with van der Waals surface area (Å²) in [4.78, 5) is 23.0. The Balaban J connectivity index is 2.52. The van der Waals surface area contributed by atoms with Crippen molar-refractivity contribution in [3.63, 3.8) is 0 Å². The molecule has 0 bridgehead atoms. The fourth-order valence-electron chi connectivity index (χ4n) is 2.79. The first-order valence-corrected chi connectivity index (χ1v) is 6.81. The van der Waals surface area contributed by atoms with Crippen molar-refractivity contribution in [2.24, 2.45) is 11.1 Å². The molecule has 0 radical (unpaired) electrons. The number of primary amides is 1. The average molecular weight is 272 g/mol. The van der Waals surface area contributed by atoms with Gasteiger partial charge in [-0.15, -0.1) is 0 Å². The van der Waals surface area contributed by atoms with Crippen LogP contribution in [-0.4, -0.2) is 41.3 Å². The third kappa shape index (κ3) is 5.57. The second kappa shape index (κ2) is 7.45. The van der Waals surface area contributed by atoms with Crippen LogP contribution >= 0.6 is 0 Å². The van der Waals surface area contributed by atoms with Crippen LogP contribution in [0.25, 0.3) is 0 Å². The van der Waals surface area contributed by atoms with E-state index in [0.717, 1.165) is 32.1 Å². The Bertz CT molecular complexity index is 314. The largest absolute Gasteiger partial charge is 0.394 e. The number of carbonyl (C=O) groups is 2. The third-order valence-electron chi connectivity index (χ3n) is 3.74. The molecule has 0 spiro atoms. The minimum atomic E-state index is -0.942. The van der Waals surface area contributed by atoms with Gasteiger partial charge in [0.2, 0.25) is 11.8 Å². The van der Waals surface area contributed by atoms with E-state index in [4.69, 9.17) is 10.8 Å². The van der Waals surface area contributed by atoms with Gasteiger partial charge in [0, 0.05) is 19.4 Å². The maximum atomic E-state index is 11.9. The summed E-state index contributed by atoms with van der Waals surface area (Å²) in [5, 5.41) is 20.4. The fourth-order valence-corrected chi connectivity index (χ4v) is 2.79. The molecule has 1 rings (SSSR count). The Hall–Kier alpha value is -1.14. The van der Waals surface area contributed by atoms with Crippen molar-refractivity contribution in [2.45, 2.75) is 51.0 Å². The zero-order chi connectivity index (χ0) is 14.3. The maximum Gasteiger partial charge on any atom is 0.220 e. The maximum absolute atomic E-state index is 11.9. The molecular weight excluding hydrogens is 248 g/mol. The van der Waals surface area contributed by atoms with Crippen LogP contribution in [0.3, 0.4) is 0 Å². The quantitative estimate of drug-likeness (QED) is 0.508. The number of hydrogen-bond acceptors (Lipinski definition) is 4. The zero-order valence-electron chi connectivity index (χ0n) is 11.2. The van der Waals surface area contributed by atoms with Gasteiger partial charge in [-0.25, -0.2) is 0 Å². The number of amides is 2. The smallest absolute Gasteiger partial charge is 0.220 e. The summed E-state index contributed by atoms with van der Waals surface area (Å²) in [6.45, 7) is -0.352. The molecular formula is C13H24N2O4. The molecule has 2 amide bonds. The van der Waals surface area contributed by atoms with Crippen LogP contribution in [0.15, 0.2) is 0 Å². The van der Waals surface area contributed by atoms with Gasteiger partial charge in [0.05, 0.1) is 12.7 Å². The topological polar surface area (TPSA) is 113 Å². The predicted octanol–water partition coefficient (Wildman–Crippen LogP) is -0.328. The molecule has 0 saturated heterocycles. The molecule has 1 atom stereocenters. The summed E-state index contributed by atoms with van der Waals surface area (Å²) in [5.41, 5.74) is 4.96. The molecule has 19 heavy (non-hydrogen) atoms. The standard InChI is InChI=1S/C13H24N2O4/c14-11(18)6-13(4-2-1-3-5-13)7-12(19)15-8-10(17)9-16/h10,16-17H,1-9H2,(H2,14,18)(H,15,19)/t10-/m0/s1. The number of carbonyl (C=O) groups excluding carboxylic acids is 2. The van der Waals surface area contributed by atoms with E-state index in [1.807, 2.05) is 0 Å². The molecule has 0 unspecified atom stereocenters. The number of rotatable bonds is 7. The lowest BCUT2D eigenvalue weighted by molar-refractivity contribution is -0.126. The van der Waals surface area contributed by atoms with Crippen LogP contribution in [-0.2, 0) is 9.59 Å². The first-order chi connectivity index (χ1) is 8.97. The van der Waals surface area contributed by atoms with Gasteiger partial charge in [0.1, 0.15) is 0 Å². The van der Waals surface area contributed by atoms with Crippen molar-refractivity contribution in [1.29, 1.82) is 0 Å². The van der Waals surface area contributed by atoms with Crippen LogP contribution in [0.2, 0.25) is 0 Å². The molecule has 0 heterocycles. The molecule has 6 heteroatoms. The van der Waals surface area contributed by atoms with Crippen LogP contribution in [0.5, 0.6) is 0 Å². The van der Waals surface area contributed by atoms with E-state index in [2.05, 4.69) is 5.32 Å². The number of aliphatic hydroxyl groups excluding tert-OH is 2. The summed E-state index contributed by atoms with van der Waals surface area (Å²) in [6.07, 6.45) is 4.39. The summed E-state index contributed by atoms with van der Waals surface area (Å²) < 4.78 is 0. The lowest BCUT2D eigenvalue weighted by atomic mass is 9.69. The van der Waals surface area contributed by atoms with E-state index in [1.54, 1.807) is 0 Å². The van der Waals surface area contributed by atoms with Gasteiger partial charge in [0.25, 0.3) is 0 Å². The fraction of sp³-hybridized carbons (Fsp3) is 0.846. The molecule has 6 nitrogen and oxygen atoms in total. The molecule has 0 aromatic heterocycles. The van der Waals surface area contributed by atoms with Crippen molar-refractivity contribution >= 4 is 11.8 Å². The van der Waals surface area contributed by atoms with Gasteiger partial charge in [0.15, 0.2) is 0 Å². The monoisotopic (exact) mass is 272 g/mol. The Morgan fingerprint density at radius 3 is 2.37 bits per heavy atom. The number of nitrogens with one attached hydrogen (secondary N) is 1. The van der Waals surface area contributed by atoms with Gasteiger partial charge in [-0.2, -0.15) is 0 Å². The van der Waals surface area contributed by atoms with E-state index in [9.17, 15) is 14.7 Å². The van der Waals surface area contributed by atoms with Crippen LogP contribution in [0.4, 0.5) is 0 Å². The summed E-state index contributed by atoms with van der Waals surface area (Å²) >= 11 is 0. The first kappa shape index (κ1) is 15.9. The zero-order valence-corrected chi connectivity index (χ0v) is 11.2. The van der Waals surface area contributed by atoms with Crippen molar-refractivity contribution in [1.82, 2.24) is 5.32 Å². The lowest BCUT2D eigenvalue weighted by Crippen LogP contribution is -2.39. The van der Waals surface area contributed by atoms with E-state index in [0.29, 0.717) is 0 Å². The molecule has 1 aliphatic carbocycles. The molecule has 0 aliphatic heterocycles. The van der Waals surface area contributed by atoms with Crippen molar-refractivity contribution < 1.29 is 19.8 Å². The minimum absolute atomic E-state index is 0.0297. The highest BCUT2D eigenvalue weighted by atomic mass is 16.3. The highest BCUT2D eigenvalue weighted by Crippen LogP contribution is 2.42. The second-order valence-corrected chi connectivity index (χ2v) is 5.52. The Labute approximate surface area is 113 Å². The molecule has 5 N–H and O–H groups in total. The Morgan fingerprint density at radius 2 is 1.84 bits per heavy atom. The Morgan fingerprint density at radius 1 is 1.21 bits per heavy atom. The van der Waals surface area contributed by atoms with Crippen LogP contribution < -0.4 is 11.1 Å². The van der Waals surface area contributed by atoms with E-state index < -0.39 is 6.10 Å². The second-order valence-electron chi connectivity index (χ2n) is 5.52. The summed E-state index contributed by atoms with van der Waals surface area (Å²) in [6, 6.07) is 0. The van der Waals surface area contributed by atoms with E-state index in [-0.39, 0.29) is 43.2 Å². The van der Waals surface area contributed by atoms with Crippen molar-refractivity contribution in [2.75, 3.05) is 13.2 Å². The lowest BCUT2D eigenvalue weighted by Gasteiger charge is -2.36. The van der Waals surface area contributed by atoms with E-state index >= 15 is 0 Å².